The van der Waals surface area contributed by atoms with E-state index in [1.54, 1.807) is 26.4 Å². The van der Waals surface area contributed by atoms with Gasteiger partial charge in [0, 0.05) is 64.5 Å². The van der Waals surface area contributed by atoms with Crippen LogP contribution in [0.5, 0.6) is 11.5 Å². The molecule has 0 aliphatic carbocycles. The second-order valence-corrected chi connectivity index (χ2v) is 28.3. The second-order valence-electron chi connectivity index (χ2n) is 22.3. The molecule has 2 fully saturated rings. The molecule has 2 aliphatic heterocycles. The quantitative estimate of drug-likeness (QED) is 0.00608. The van der Waals surface area contributed by atoms with Crippen LogP contribution in [0.15, 0.2) is 119 Å². The molecule has 2 aliphatic rings. The van der Waals surface area contributed by atoms with Gasteiger partial charge in [0.1, 0.15) is 44.3 Å². The highest BCUT2D eigenvalue weighted by atomic mass is 32.2. The lowest BCUT2D eigenvalue weighted by molar-refractivity contribution is -0.120. The predicted molar refractivity (Wildman–Crippen MR) is 388 cm³/mol. The van der Waals surface area contributed by atoms with Crippen molar-refractivity contribution in [2.75, 3.05) is 113 Å². The Balaban J connectivity index is 1.10. The predicted octanol–water partition coefficient (Wildman–Crippen LogP) is 13.6. The number of anilines is 10. The molecule has 2 amide bonds. The van der Waals surface area contributed by atoms with E-state index in [1.165, 1.54) is 74.2 Å². The number of nitrogens with one attached hydrogen (secondary N) is 4. The molecule has 0 bridgehead atoms. The number of thioether (sulfide) groups is 1. The summed E-state index contributed by atoms with van der Waals surface area (Å²) in [6.45, 7) is 17.5. The summed E-state index contributed by atoms with van der Waals surface area (Å²) in [7, 11) is -6.38. The minimum absolute atomic E-state index is 0.106. The molecule has 6 N–H and O–H groups in total. The zero-order valence-electron chi connectivity index (χ0n) is 56.0. The van der Waals surface area contributed by atoms with Gasteiger partial charge in [-0.3, -0.25) is 28.3 Å². The molecule has 0 atom stereocenters. The summed E-state index contributed by atoms with van der Waals surface area (Å²) in [6, 6.07) is 17.7. The number of piperidine rings is 2. The van der Waals surface area contributed by atoms with Crippen LogP contribution in [-0.2, 0) is 39.4 Å². The SMILES string of the molecule is CCSc1nc(Nc2cc(N(CC)CC)c(OC)cc2/N=N/c2nc(N3CCCCC3)c(/C=C(/C(C)=O)C(=O)Nc3ccccc3S(=O)(=O)O)s2)nc(Nc2cc(N(CC)CC)c(OC)cc2/N=N/c2nc(N3CCCCC3)c(/C=C(\C(C)=O)C(=O)Nc3ccccc3S(=O)(=O)O)s2)n1. The molecule has 29 nitrogen and oxygen atoms in total. The van der Waals surface area contributed by atoms with E-state index in [0.717, 1.165) is 84.7 Å². The lowest BCUT2D eigenvalue weighted by Gasteiger charge is -2.27. The molecule has 34 heteroatoms. The maximum absolute atomic E-state index is 13.9. The van der Waals surface area contributed by atoms with Gasteiger partial charge in [0.25, 0.3) is 32.1 Å². The summed E-state index contributed by atoms with van der Waals surface area (Å²) in [4.78, 5) is 86.8. The van der Waals surface area contributed by atoms with E-state index in [9.17, 15) is 45.1 Å². The number of nitrogens with zero attached hydrogens (tertiary/aromatic N) is 13. The first-order valence-electron chi connectivity index (χ1n) is 31.9. The summed E-state index contributed by atoms with van der Waals surface area (Å²) in [6.07, 6.45) is 8.25. The van der Waals surface area contributed by atoms with E-state index in [-0.39, 0.29) is 56.1 Å². The molecule has 2 saturated heterocycles. The Kier molecular flexibility index (Phi) is 25.0. The minimum Gasteiger partial charge on any atom is -0.494 e. The zero-order valence-corrected chi connectivity index (χ0v) is 60.1. The van der Waals surface area contributed by atoms with Crippen molar-refractivity contribution in [2.45, 2.75) is 102 Å². The highest BCUT2D eigenvalue weighted by molar-refractivity contribution is 7.99. The topological polar surface area (TPSA) is 370 Å². The maximum atomic E-state index is 13.9. The van der Waals surface area contributed by atoms with Crippen molar-refractivity contribution in [3.63, 3.8) is 0 Å². The zero-order chi connectivity index (χ0) is 71.1. The number of para-hydroxylation sites is 2. The van der Waals surface area contributed by atoms with Gasteiger partial charge in [0.2, 0.25) is 22.2 Å². The number of Topliss-reactive ketones (excluding diaryl/α,β-unsaturated/α-hetero) is 2. The average molecular weight is 1450 g/mol. The van der Waals surface area contributed by atoms with Crippen LogP contribution in [-0.4, -0.2) is 147 Å². The number of thiazole rings is 2. The molecule has 0 unspecified atom stereocenters. The van der Waals surface area contributed by atoms with Gasteiger partial charge < -0.3 is 50.3 Å². The van der Waals surface area contributed by atoms with Crippen LogP contribution < -0.4 is 50.3 Å². The van der Waals surface area contributed by atoms with Crippen LogP contribution in [0, 0.1) is 0 Å². The standard InChI is InChI=1S/C65H77N17O12S5/c1-10-79(11-2)49-35-45(47(37-51(49)93-8)75-77-64-70-57(81-29-21-15-22-30-81)53(96-64)33-41(39(6)83)59(85)66-43-25-17-19-27-55(43)98(87,88)89)68-61-72-62(74-63(73-61)95-14-5)69-46-36-50(80(12-3)13-4)52(94-9)38-48(46)76-78-65-71-58(82-31-23-16-24-32-82)54(97-65)34-42(40(7)84)60(86)67-44-26-18-20-28-56(44)99(90,91)92/h17-20,25-28,33-38H,10-16,21-24,29-32H2,1-9H3,(H,66,85)(H,67,86)(H,87,88,89)(H,90,91,92)(H2,68,69,72,73,74)/b41-33-,42-34+,77-75+,78-76+. The third-order valence-corrected chi connectivity index (χ3v) is 20.2. The van der Waals surface area contributed by atoms with Crippen LogP contribution in [0.25, 0.3) is 12.2 Å². The molecule has 0 spiro atoms. The van der Waals surface area contributed by atoms with E-state index >= 15 is 0 Å². The van der Waals surface area contributed by atoms with E-state index in [4.69, 9.17) is 44.6 Å². The first kappa shape index (κ1) is 73.9. The summed E-state index contributed by atoms with van der Waals surface area (Å²) < 4.78 is 80.7. The number of ether oxygens (including phenoxy) is 2. The molecule has 0 radical (unpaired) electrons. The van der Waals surface area contributed by atoms with E-state index in [0.29, 0.717) is 108 Å². The Labute approximate surface area is 586 Å². The minimum atomic E-state index is -4.74. The third kappa shape index (κ3) is 18.5. The Morgan fingerprint density at radius 1 is 0.556 bits per heavy atom. The first-order valence-corrected chi connectivity index (χ1v) is 37.4. The number of aromatic nitrogens is 5. The highest BCUT2D eigenvalue weighted by Gasteiger charge is 2.28. The van der Waals surface area contributed by atoms with Crippen molar-refractivity contribution in [3.8, 4) is 11.5 Å². The monoisotopic (exact) mass is 1450 g/mol. The molecule has 5 heterocycles. The Hall–Kier alpha value is -9.32. The van der Waals surface area contributed by atoms with E-state index in [1.807, 2.05) is 56.6 Å². The molecule has 524 valence electrons. The molecule has 0 saturated carbocycles. The smallest absolute Gasteiger partial charge is 0.296 e. The molecule has 4 aromatic carbocycles. The fourth-order valence-corrected chi connectivity index (χ4v) is 14.5. The van der Waals surface area contributed by atoms with Crippen LogP contribution in [0.3, 0.4) is 0 Å². The fraction of sp³-hybridized carbons (Fsp3) is 0.369. The van der Waals surface area contributed by atoms with Gasteiger partial charge in [-0.1, -0.05) is 65.6 Å². The molecule has 9 rings (SSSR count). The van der Waals surface area contributed by atoms with E-state index in [2.05, 4.69) is 41.3 Å². The van der Waals surface area contributed by atoms with Crippen LogP contribution >= 0.6 is 34.4 Å². The van der Waals surface area contributed by atoms with Crippen LogP contribution in [0.1, 0.15) is 96.7 Å². The van der Waals surface area contributed by atoms with Crippen molar-refractivity contribution in [1.29, 1.82) is 0 Å². The average Bonchev–Trinajstić information content (AvgIpc) is 1.53. The van der Waals surface area contributed by atoms with Crippen molar-refractivity contribution in [3.05, 3.63) is 93.7 Å². The molecular formula is C65H77N17O12S5. The van der Waals surface area contributed by atoms with Crippen LogP contribution in [0.4, 0.5) is 79.3 Å². The van der Waals surface area contributed by atoms with Gasteiger partial charge in [-0.25, -0.2) is 0 Å². The lowest BCUT2D eigenvalue weighted by atomic mass is 10.1. The largest absolute Gasteiger partial charge is 0.494 e. The first-order chi connectivity index (χ1) is 47.5. The molecular weight excluding hydrogens is 1370 g/mol. The maximum Gasteiger partial charge on any atom is 0.296 e. The van der Waals surface area contributed by atoms with Crippen molar-refractivity contribution in [1.82, 2.24) is 24.9 Å². The fourth-order valence-electron chi connectivity index (χ4n) is 11.0. The van der Waals surface area contributed by atoms with Crippen molar-refractivity contribution in [2.24, 2.45) is 20.5 Å². The number of azo groups is 2. The summed E-state index contributed by atoms with van der Waals surface area (Å²) in [5.41, 5.74) is 1.76. The van der Waals surface area contributed by atoms with Gasteiger partial charge in [0.15, 0.2) is 16.7 Å². The number of rotatable bonds is 30. The Morgan fingerprint density at radius 2 is 0.939 bits per heavy atom. The summed E-state index contributed by atoms with van der Waals surface area (Å²) in [5, 5.41) is 31.3. The van der Waals surface area contributed by atoms with Crippen molar-refractivity contribution >= 4 is 169 Å². The Morgan fingerprint density at radius 3 is 1.28 bits per heavy atom. The molecule has 3 aromatic heterocycles. The number of ketones is 2. The number of carbonyl (C=O) groups is 4. The number of carbonyl (C=O) groups excluding carboxylic acids is 4. The van der Waals surface area contributed by atoms with Gasteiger partial charge >= 0.3 is 0 Å². The van der Waals surface area contributed by atoms with Gasteiger partial charge in [-0.05, 0) is 134 Å². The second kappa shape index (κ2) is 33.5. The lowest BCUT2D eigenvalue weighted by Crippen LogP contribution is -2.30. The number of hydrogen-bond donors (Lipinski definition) is 6. The van der Waals surface area contributed by atoms with Gasteiger partial charge in [0.05, 0.1) is 69.2 Å². The molecule has 7 aromatic rings. The van der Waals surface area contributed by atoms with Crippen LogP contribution in [0.2, 0.25) is 0 Å². The van der Waals surface area contributed by atoms with Gasteiger partial charge in [-0.2, -0.15) is 41.8 Å². The number of methoxy groups -OCH3 is 2. The highest BCUT2D eigenvalue weighted by Crippen LogP contribution is 2.45. The van der Waals surface area contributed by atoms with Gasteiger partial charge in [-0.15, -0.1) is 20.5 Å². The third-order valence-electron chi connectivity index (χ3n) is 15.9. The molecule has 99 heavy (non-hydrogen) atoms. The normalized spacial score (nSPS) is 14.0. The summed E-state index contributed by atoms with van der Waals surface area (Å²) in [5.74, 6) is -0.374. The summed E-state index contributed by atoms with van der Waals surface area (Å²) >= 11 is 3.52. The van der Waals surface area contributed by atoms with Crippen molar-refractivity contribution < 1.29 is 54.6 Å². The Bertz CT molecular complexity index is 4230. The number of amides is 2. The number of benzene rings is 4. The van der Waals surface area contributed by atoms with E-state index < -0.39 is 53.4 Å². The number of hydrogen-bond acceptors (Lipinski definition) is 28.